The lowest BCUT2D eigenvalue weighted by Crippen LogP contribution is -1.95. The summed E-state index contributed by atoms with van der Waals surface area (Å²) in [5, 5.41) is 5.53. The summed E-state index contributed by atoms with van der Waals surface area (Å²) in [4.78, 5) is 0. The van der Waals surface area contributed by atoms with Crippen molar-refractivity contribution >= 4 is 27.5 Å². The molecule has 1 aromatic heterocycles. The van der Waals surface area contributed by atoms with Crippen LogP contribution in [0, 0.1) is 0 Å². The molecule has 2 aromatic rings. The number of hydrogen-bond donors (Lipinski definition) is 0. The van der Waals surface area contributed by atoms with Crippen LogP contribution < -0.4 is 4.74 Å². The van der Waals surface area contributed by atoms with Crippen molar-refractivity contribution in [3.8, 4) is 11.5 Å². The number of alkyl halides is 1. The van der Waals surface area contributed by atoms with Crippen molar-refractivity contribution in [2.45, 2.75) is 25.2 Å². The summed E-state index contributed by atoms with van der Waals surface area (Å²) in [6.45, 7) is 3.00. The zero-order chi connectivity index (χ0) is 13.0. The average molecular weight is 330 g/mol. The molecule has 5 heteroatoms. The monoisotopic (exact) mass is 328 g/mol. The van der Waals surface area contributed by atoms with Crippen molar-refractivity contribution in [1.82, 2.24) is 9.78 Å². The third-order valence-corrected chi connectivity index (χ3v) is 3.38. The largest absolute Gasteiger partial charge is 0.452 e. The number of benzene rings is 1. The van der Waals surface area contributed by atoms with Crippen LogP contribution in [0.3, 0.4) is 0 Å². The third kappa shape index (κ3) is 3.06. The molecule has 0 aliphatic rings. The number of aromatic nitrogens is 2. The molecule has 0 radical (unpaired) electrons. The molecular formula is C13H14BrClN2O. The van der Waals surface area contributed by atoms with Gasteiger partial charge in [-0.15, -0.1) is 0 Å². The zero-order valence-electron chi connectivity index (χ0n) is 10.1. The minimum absolute atomic E-state index is 0.607. The van der Waals surface area contributed by atoms with Gasteiger partial charge in [-0.25, -0.2) is 0 Å². The van der Waals surface area contributed by atoms with Crippen molar-refractivity contribution in [1.29, 1.82) is 0 Å². The highest BCUT2D eigenvalue weighted by Gasteiger charge is 2.09. The van der Waals surface area contributed by atoms with E-state index in [1.165, 1.54) is 0 Å². The van der Waals surface area contributed by atoms with Gasteiger partial charge in [-0.1, -0.05) is 46.6 Å². The van der Waals surface area contributed by atoms with Crippen LogP contribution in [0.2, 0.25) is 5.02 Å². The minimum Gasteiger partial charge on any atom is -0.452 e. The van der Waals surface area contributed by atoms with E-state index in [4.69, 9.17) is 16.3 Å². The molecule has 0 atom stereocenters. The van der Waals surface area contributed by atoms with Crippen LogP contribution in [0.4, 0.5) is 0 Å². The molecule has 0 amide bonds. The summed E-state index contributed by atoms with van der Waals surface area (Å²) in [5.41, 5.74) is 1.02. The second-order valence-electron chi connectivity index (χ2n) is 3.90. The van der Waals surface area contributed by atoms with Gasteiger partial charge < -0.3 is 4.74 Å². The lowest BCUT2D eigenvalue weighted by Gasteiger charge is -2.09. The highest BCUT2D eigenvalue weighted by Crippen LogP contribution is 2.33. The average Bonchev–Trinajstić information content (AvgIpc) is 2.80. The Hall–Kier alpha value is -1.00. The molecular weight excluding hydrogens is 316 g/mol. The SMILES string of the molecule is CCCn1cc(Oc2c(Cl)cccc2CBr)cn1. The predicted octanol–water partition coefficient (Wildman–Crippen LogP) is 4.63. The van der Waals surface area contributed by atoms with Crippen molar-refractivity contribution in [3.05, 3.63) is 41.2 Å². The Kier molecular flexibility index (Phi) is 4.66. The number of hydrogen-bond acceptors (Lipinski definition) is 2. The maximum atomic E-state index is 6.15. The quantitative estimate of drug-likeness (QED) is 0.748. The summed E-state index contributed by atoms with van der Waals surface area (Å²) in [6, 6.07) is 5.71. The van der Waals surface area contributed by atoms with Crippen LogP contribution in [0.15, 0.2) is 30.6 Å². The molecule has 0 unspecified atom stereocenters. The number of ether oxygens (including phenoxy) is 1. The van der Waals surface area contributed by atoms with Crippen molar-refractivity contribution in [2.24, 2.45) is 0 Å². The van der Waals surface area contributed by atoms with Crippen molar-refractivity contribution < 1.29 is 4.74 Å². The maximum Gasteiger partial charge on any atom is 0.165 e. The van der Waals surface area contributed by atoms with Gasteiger partial charge in [0, 0.05) is 17.4 Å². The molecule has 1 aromatic carbocycles. The first-order valence-corrected chi connectivity index (χ1v) is 7.28. The summed E-state index contributed by atoms with van der Waals surface area (Å²) in [5.74, 6) is 1.39. The molecule has 0 saturated heterocycles. The van der Waals surface area contributed by atoms with E-state index in [2.05, 4.69) is 28.0 Å². The first-order chi connectivity index (χ1) is 8.74. The van der Waals surface area contributed by atoms with Gasteiger partial charge in [0.1, 0.15) is 5.75 Å². The van der Waals surface area contributed by atoms with Gasteiger partial charge in [-0.05, 0) is 12.5 Å². The summed E-state index contributed by atoms with van der Waals surface area (Å²) in [7, 11) is 0. The Morgan fingerprint density at radius 3 is 3.00 bits per heavy atom. The van der Waals surface area contributed by atoms with E-state index in [0.29, 0.717) is 21.9 Å². The number of nitrogens with zero attached hydrogens (tertiary/aromatic N) is 2. The van der Waals surface area contributed by atoms with E-state index in [0.717, 1.165) is 18.5 Å². The fourth-order valence-corrected chi connectivity index (χ4v) is 2.31. The van der Waals surface area contributed by atoms with Gasteiger partial charge in [0.25, 0.3) is 0 Å². The van der Waals surface area contributed by atoms with Crippen molar-refractivity contribution in [2.75, 3.05) is 0 Å². The fraction of sp³-hybridized carbons (Fsp3) is 0.308. The van der Waals surface area contributed by atoms with Gasteiger partial charge in [0.15, 0.2) is 5.75 Å². The molecule has 3 nitrogen and oxygen atoms in total. The van der Waals surface area contributed by atoms with Crippen LogP contribution in [-0.2, 0) is 11.9 Å². The fourth-order valence-electron chi connectivity index (χ4n) is 1.64. The van der Waals surface area contributed by atoms with Crippen LogP contribution in [-0.4, -0.2) is 9.78 Å². The van der Waals surface area contributed by atoms with Gasteiger partial charge in [-0.3, -0.25) is 4.68 Å². The Morgan fingerprint density at radius 2 is 2.28 bits per heavy atom. The molecule has 0 N–H and O–H groups in total. The Balaban J connectivity index is 2.22. The Morgan fingerprint density at radius 1 is 1.44 bits per heavy atom. The molecule has 0 bridgehead atoms. The van der Waals surface area contributed by atoms with Gasteiger partial charge in [-0.2, -0.15) is 5.10 Å². The van der Waals surface area contributed by atoms with E-state index < -0.39 is 0 Å². The second-order valence-corrected chi connectivity index (χ2v) is 4.87. The number of para-hydroxylation sites is 1. The maximum absolute atomic E-state index is 6.15. The molecule has 1 heterocycles. The zero-order valence-corrected chi connectivity index (χ0v) is 12.4. The topological polar surface area (TPSA) is 27.1 Å². The van der Waals surface area contributed by atoms with Gasteiger partial charge >= 0.3 is 0 Å². The van der Waals surface area contributed by atoms with E-state index in [-0.39, 0.29) is 0 Å². The van der Waals surface area contributed by atoms with E-state index in [9.17, 15) is 0 Å². The normalized spacial score (nSPS) is 10.6. The Bertz CT molecular complexity index is 527. The van der Waals surface area contributed by atoms with E-state index in [1.807, 2.05) is 29.1 Å². The minimum atomic E-state index is 0.607. The standard InChI is InChI=1S/C13H14BrClN2O/c1-2-6-17-9-11(8-16-17)18-13-10(7-14)4-3-5-12(13)15/h3-5,8-9H,2,6-7H2,1H3. The van der Waals surface area contributed by atoms with Crippen LogP contribution in [0.1, 0.15) is 18.9 Å². The van der Waals surface area contributed by atoms with Crippen LogP contribution in [0.25, 0.3) is 0 Å². The second kappa shape index (κ2) is 6.25. The molecule has 96 valence electrons. The lowest BCUT2D eigenvalue weighted by molar-refractivity contribution is 0.477. The summed E-state index contributed by atoms with van der Waals surface area (Å²) < 4.78 is 7.67. The molecule has 18 heavy (non-hydrogen) atoms. The summed E-state index contributed by atoms with van der Waals surface area (Å²) >= 11 is 9.58. The van der Waals surface area contributed by atoms with Crippen molar-refractivity contribution in [3.63, 3.8) is 0 Å². The van der Waals surface area contributed by atoms with Gasteiger partial charge in [0.05, 0.1) is 17.4 Å². The third-order valence-electron chi connectivity index (χ3n) is 2.47. The van der Waals surface area contributed by atoms with Gasteiger partial charge in [0.2, 0.25) is 0 Å². The molecule has 0 saturated carbocycles. The van der Waals surface area contributed by atoms with E-state index >= 15 is 0 Å². The lowest BCUT2D eigenvalue weighted by atomic mass is 10.2. The molecule has 0 fully saturated rings. The molecule has 0 spiro atoms. The van der Waals surface area contributed by atoms with Crippen LogP contribution >= 0.6 is 27.5 Å². The Labute approximate surface area is 120 Å². The molecule has 0 aliphatic carbocycles. The molecule has 0 aliphatic heterocycles. The summed E-state index contributed by atoms with van der Waals surface area (Å²) in [6.07, 6.45) is 4.63. The predicted molar refractivity (Wildman–Crippen MR) is 76.7 cm³/mol. The smallest absolute Gasteiger partial charge is 0.165 e. The number of halogens is 2. The highest BCUT2D eigenvalue weighted by atomic mass is 79.9. The highest BCUT2D eigenvalue weighted by molar-refractivity contribution is 9.08. The van der Waals surface area contributed by atoms with E-state index in [1.54, 1.807) is 6.20 Å². The van der Waals surface area contributed by atoms with Crippen LogP contribution in [0.5, 0.6) is 11.5 Å². The number of aryl methyl sites for hydroxylation is 1. The first kappa shape index (κ1) is 13.4. The number of rotatable bonds is 5. The first-order valence-electron chi connectivity index (χ1n) is 5.78. The molecule has 2 rings (SSSR count).